The van der Waals surface area contributed by atoms with Crippen LogP contribution in [0.4, 0.5) is 4.79 Å². The lowest BCUT2D eigenvalue weighted by atomic mass is 10.1. The molecule has 1 aromatic rings. The molecule has 0 aliphatic carbocycles. The van der Waals surface area contributed by atoms with Gasteiger partial charge in [-0.25, -0.2) is 9.59 Å². The van der Waals surface area contributed by atoms with E-state index >= 15 is 0 Å². The highest BCUT2D eigenvalue weighted by molar-refractivity contribution is 5.85. The summed E-state index contributed by atoms with van der Waals surface area (Å²) in [5, 5.41) is 11.0. The Bertz CT molecular complexity index is 411. The van der Waals surface area contributed by atoms with Gasteiger partial charge in [0.25, 0.3) is 0 Å². The molecule has 0 saturated carbocycles. The van der Waals surface area contributed by atoms with Crippen molar-refractivity contribution in [3.05, 3.63) is 35.9 Å². The summed E-state index contributed by atoms with van der Waals surface area (Å²) < 4.78 is 4.89. The Labute approximate surface area is 117 Å². The predicted molar refractivity (Wildman–Crippen MR) is 72.1 cm³/mol. The molecular formula is C12H17ClN2O4. The van der Waals surface area contributed by atoms with Crippen LogP contribution >= 0.6 is 12.4 Å². The molecule has 0 radical (unpaired) electrons. The zero-order valence-corrected chi connectivity index (χ0v) is 11.2. The van der Waals surface area contributed by atoms with Crippen LogP contribution in [0.2, 0.25) is 0 Å². The van der Waals surface area contributed by atoms with Crippen LogP contribution in [0.5, 0.6) is 0 Å². The number of amides is 1. The highest BCUT2D eigenvalue weighted by Gasteiger charge is 2.24. The average Bonchev–Trinajstić information content (AvgIpc) is 2.34. The van der Waals surface area contributed by atoms with Crippen molar-refractivity contribution in [1.82, 2.24) is 5.32 Å². The van der Waals surface area contributed by atoms with Crippen LogP contribution in [0.1, 0.15) is 12.5 Å². The SMILES string of the molecule is CC(N)C(NC(=O)OCc1ccccc1)C(=O)O.Cl. The molecule has 19 heavy (non-hydrogen) atoms. The topological polar surface area (TPSA) is 102 Å². The Morgan fingerprint density at radius 2 is 1.95 bits per heavy atom. The van der Waals surface area contributed by atoms with E-state index in [1.165, 1.54) is 6.92 Å². The molecule has 0 aromatic heterocycles. The minimum absolute atomic E-state index is 0. The molecule has 0 bridgehead atoms. The van der Waals surface area contributed by atoms with Crippen LogP contribution in [-0.4, -0.2) is 29.3 Å². The zero-order valence-electron chi connectivity index (χ0n) is 10.4. The number of benzene rings is 1. The molecule has 4 N–H and O–H groups in total. The highest BCUT2D eigenvalue weighted by Crippen LogP contribution is 2.01. The third kappa shape index (κ3) is 6.08. The quantitative estimate of drug-likeness (QED) is 0.754. The van der Waals surface area contributed by atoms with Crippen molar-refractivity contribution in [1.29, 1.82) is 0 Å². The fourth-order valence-electron chi connectivity index (χ4n) is 1.31. The smallest absolute Gasteiger partial charge is 0.408 e. The summed E-state index contributed by atoms with van der Waals surface area (Å²) in [4.78, 5) is 22.2. The number of carboxylic acids is 1. The monoisotopic (exact) mass is 288 g/mol. The third-order valence-corrected chi connectivity index (χ3v) is 2.28. The van der Waals surface area contributed by atoms with Crippen LogP contribution in [0.3, 0.4) is 0 Å². The Kier molecular flexibility index (Phi) is 7.55. The average molecular weight is 289 g/mol. The van der Waals surface area contributed by atoms with Crippen LogP contribution < -0.4 is 11.1 Å². The molecule has 0 heterocycles. The molecule has 7 heteroatoms. The van der Waals surface area contributed by atoms with E-state index in [0.717, 1.165) is 5.56 Å². The number of ether oxygens (including phenoxy) is 1. The van der Waals surface area contributed by atoms with E-state index in [1.54, 1.807) is 12.1 Å². The van der Waals surface area contributed by atoms with Gasteiger partial charge in [0.1, 0.15) is 12.6 Å². The predicted octanol–water partition coefficient (Wildman–Crippen LogP) is 1.13. The lowest BCUT2D eigenvalue weighted by Crippen LogP contribution is -2.51. The number of nitrogens with two attached hydrogens (primary N) is 1. The minimum atomic E-state index is -1.19. The number of halogens is 1. The lowest BCUT2D eigenvalue weighted by Gasteiger charge is -2.17. The second-order valence-corrected chi connectivity index (χ2v) is 3.88. The van der Waals surface area contributed by atoms with Gasteiger partial charge in [0.2, 0.25) is 0 Å². The molecule has 1 rings (SSSR count). The standard InChI is InChI=1S/C12H16N2O4.ClH/c1-8(13)10(11(15)16)14-12(17)18-7-9-5-3-2-4-6-9;/h2-6,8,10H,7,13H2,1H3,(H,14,17)(H,15,16);1H. The van der Waals surface area contributed by atoms with Crippen LogP contribution in [0.15, 0.2) is 30.3 Å². The Balaban J connectivity index is 0.00000324. The first kappa shape index (κ1) is 17.2. The van der Waals surface area contributed by atoms with Gasteiger partial charge in [-0.2, -0.15) is 0 Å². The molecule has 0 aliphatic heterocycles. The third-order valence-electron chi connectivity index (χ3n) is 2.28. The number of rotatable bonds is 5. The van der Waals surface area contributed by atoms with Crippen molar-refractivity contribution in [2.24, 2.45) is 5.73 Å². The summed E-state index contributed by atoms with van der Waals surface area (Å²) in [5.41, 5.74) is 6.26. The van der Waals surface area contributed by atoms with Crippen molar-refractivity contribution < 1.29 is 19.4 Å². The van der Waals surface area contributed by atoms with Gasteiger partial charge in [-0.05, 0) is 12.5 Å². The first-order valence-corrected chi connectivity index (χ1v) is 5.46. The van der Waals surface area contributed by atoms with Crippen LogP contribution in [0, 0.1) is 0 Å². The summed E-state index contributed by atoms with van der Waals surface area (Å²) in [6, 6.07) is 7.22. The van der Waals surface area contributed by atoms with E-state index in [1.807, 2.05) is 18.2 Å². The summed E-state index contributed by atoms with van der Waals surface area (Å²) >= 11 is 0. The van der Waals surface area contributed by atoms with Gasteiger partial charge in [-0.3, -0.25) is 0 Å². The molecule has 6 nitrogen and oxygen atoms in total. The maximum absolute atomic E-state index is 11.4. The first-order valence-electron chi connectivity index (χ1n) is 5.46. The molecule has 0 spiro atoms. The van der Waals surface area contributed by atoms with Crippen LogP contribution in [-0.2, 0) is 16.1 Å². The Hall–Kier alpha value is -1.79. The number of alkyl carbamates (subject to hydrolysis) is 1. The van der Waals surface area contributed by atoms with Gasteiger partial charge in [0.05, 0.1) is 0 Å². The second kappa shape index (κ2) is 8.34. The maximum Gasteiger partial charge on any atom is 0.408 e. The molecule has 1 aromatic carbocycles. The van der Waals surface area contributed by atoms with Gasteiger partial charge in [-0.1, -0.05) is 30.3 Å². The van der Waals surface area contributed by atoms with E-state index < -0.39 is 24.1 Å². The van der Waals surface area contributed by atoms with Gasteiger partial charge < -0.3 is 20.9 Å². The van der Waals surface area contributed by atoms with Gasteiger partial charge in [-0.15, -0.1) is 12.4 Å². The molecule has 2 unspecified atom stereocenters. The van der Waals surface area contributed by atoms with E-state index in [9.17, 15) is 9.59 Å². The van der Waals surface area contributed by atoms with Gasteiger partial charge in [0.15, 0.2) is 0 Å². The minimum Gasteiger partial charge on any atom is -0.480 e. The summed E-state index contributed by atoms with van der Waals surface area (Å²) in [7, 11) is 0. The van der Waals surface area contributed by atoms with Crippen molar-refractivity contribution in [3.8, 4) is 0 Å². The fraction of sp³-hybridized carbons (Fsp3) is 0.333. The number of aliphatic carboxylic acids is 1. The molecule has 106 valence electrons. The highest BCUT2D eigenvalue weighted by atomic mass is 35.5. The molecule has 0 fully saturated rings. The van der Waals surface area contributed by atoms with Crippen molar-refractivity contribution in [3.63, 3.8) is 0 Å². The summed E-state index contributed by atoms with van der Waals surface area (Å²) in [5.74, 6) is -1.19. The van der Waals surface area contributed by atoms with E-state index in [0.29, 0.717) is 0 Å². The number of carbonyl (C=O) groups excluding carboxylic acids is 1. The first-order chi connectivity index (χ1) is 8.50. The Morgan fingerprint density at radius 1 is 1.37 bits per heavy atom. The maximum atomic E-state index is 11.4. The normalized spacial score (nSPS) is 12.7. The van der Waals surface area contributed by atoms with Gasteiger partial charge in [0, 0.05) is 6.04 Å². The lowest BCUT2D eigenvalue weighted by molar-refractivity contribution is -0.139. The van der Waals surface area contributed by atoms with Crippen molar-refractivity contribution >= 4 is 24.5 Å². The molecule has 0 saturated heterocycles. The molecular weight excluding hydrogens is 272 g/mol. The molecule has 2 atom stereocenters. The fourth-order valence-corrected chi connectivity index (χ4v) is 1.31. The largest absolute Gasteiger partial charge is 0.480 e. The number of carboxylic acid groups (broad SMARTS) is 1. The van der Waals surface area contributed by atoms with Crippen LogP contribution in [0.25, 0.3) is 0 Å². The van der Waals surface area contributed by atoms with E-state index in [4.69, 9.17) is 15.6 Å². The van der Waals surface area contributed by atoms with Gasteiger partial charge >= 0.3 is 12.1 Å². The van der Waals surface area contributed by atoms with E-state index in [2.05, 4.69) is 5.32 Å². The zero-order chi connectivity index (χ0) is 13.5. The number of nitrogens with one attached hydrogen (secondary N) is 1. The van der Waals surface area contributed by atoms with Crippen molar-refractivity contribution in [2.75, 3.05) is 0 Å². The number of hydrogen-bond donors (Lipinski definition) is 3. The Morgan fingerprint density at radius 3 is 2.42 bits per heavy atom. The summed E-state index contributed by atoms with van der Waals surface area (Å²) in [6.07, 6.45) is -0.802. The van der Waals surface area contributed by atoms with Crippen molar-refractivity contribution in [2.45, 2.75) is 25.6 Å². The second-order valence-electron chi connectivity index (χ2n) is 3.88. The van der Waals surface area contributed by atoms with E-state index in [-0.39, 0.29) is 19.0 Å². The number of hydrogen-bond acceptors (Lipinski definition) is 4. The molecule has 0 aliphatic rings. The number of carbonyl (C=O) groups is 2. The molecule has 1 amide bonds. The summed E-state index contributed by atoms with van der Waals surface area (Å²) in [6.45, 7) is 1.58.